The summed E-state index contributed by atoms with van der Waals surface area (Å²) in [6.07, 6.45) is 3.95. The highest BCUT2D eigenvalue weighted by Crippen LogP contribution is 2.28. The van der Waals surface area contributed by atoms with Gasteiger partial charge >= 0.3 is 0 Å². The van der Waals surface area contributed by atoms with Gasteiger partial charge in [0, 0.05) is 16.9 Å². The van der Waals surface area contributed by atoms with Gasteiger partial charge in [0.25, 0.3) is 5.91 Å². The topological polar surface area (TPSA) is 38.3 Å². The largest absolute Gasteiger partial charge is 0.481 e. The third kappa shape index (κ3) is 5.08. The van der Waals surface area contributed by atoms with Crippen LogP contribution in [0.25, 0.3) is 0 Å². The van der Waals surface area contributed by atoms with Crippen molar-refractivity contribution >= 4 is 29.1 Å². The van der Waals surface area contributed by atoms with Crippen molar-refractivity contribution in [2.45, 2.75) is 44.1 Å². The number of nitrogens with one attached hydrogen (secondary N) is 1. The van der Waals surface area contributed by atoms with Crippen LogP contribution < -0.4 is 10.1 Å². The SMILES string of the molecule is CC(Oc1cccc(Cl)c1)C(=O)NCC1CCCCC1Cl. The van der Waals surface area contributed by atoms with Crippen LogP contribution in [0.1, 0.15) is 32.6 Å². The molecular weight excluding hydrogens is 309 g/mol. The number of carbonyl (C=O) groups is 1. The molecule has 1 aromatic rings. The van der Waals surface area contributed by atoms with Crippen LogP contribution in [-0.2, 0) is 4.79 Å². The van der Waals surface area contributed by atoms with E-state index < -0.39 is 6.10 Å². The minimum absolute atomic E-state index is 0.121. The Hall–Kier alpha value is -0.930. The van der Waals surface area contributed by atoms with Crippen molar-refractivity contribution < 1.29 is 9.53 Å². The molecule has 1 fully saturated rings. The summed E-state index contributed by atoms with van der Waals surface area (Å²) in [6.45, 7) is 2.35. The fraction of sp³-hybridized carbons (Fsp3) is 0.562. The summed E-state index contributed by atoms with van der Waals surface area (Å²) in [5, 5.41) is 3.70. The number of rotatable bonds is 5. The number of ether oxygens (including phenoxy) is 1. The van der Waals surface area contributed by atoms with E-state index in [1.807, 2.05) is 0 Å². The van der Waals surface area contributed by atoms with Crippen molar-refractivity contribution in [3.63, 3.8) is 0 Å². The van der Waals surface area contributed by atoms with Gasteiger partial charge in [0.1, 0.15) is 5.75 Å². The molecule has 3 nitrogen and oxygen atoms in total. The van der Waals surface area contributed by atoms with Crippen LogP contribution in [0.15, 0.2) is 24.3 Å². The lowest BCUT2D eigenvalue weighted by Crippen LogP contribution is -2.41. The molecule has 21 heavy (non-hydrogen) atoms. The number of benzene rings is 1. The smallest absolute Gasteiger partial charge is 0.260 e. The molecule has 0 heterocycles. The fourth-order valence-electron chi connectivity index (χ4n) is 2.57. The Morgan fingerprint density at radius 3 is 2.90 bits per heavy atom. The Kier molecular flexibility index (Phi) is 6.19. The van der Waals surface area contributed by atoms with E-state index in [1.54, 1.807) is 31.2 Å². The third-order valence-corrected chi connectivity index (χ3v) is 4.64. The summed E-state index contributed by atoms with van der Waals surface area (Å²) >= 11 is 12.2. The lowest BCUT2D eigenvalue weighted by atomic mass is 9.89. The highest BCUT2D eigenvalue weighted by atomic mass is 35.5. The number of amides is 1. The first kappa shape index (κ1) is 16.4. The highest BCUT2D eigenvalue weighted by Gasteiger charge is 2.24. The molecule has 1 aromatic carbocycles. The third-order valence-electron chi connectivity index (χ3n) is 3.83. The highest BCUT2D eigenvalue weighted by molar-refractivity contribution is 6.30. The van der Waals surface area contributed by atoms with Crippen LogP contribution in [0.4, 0.5) is 0 Å². The summed E-state index contributed by atoms with van der Waals surface area (Å²) in [6, 6.07) is 7.04. The van der Waals surface area contributed by atoms with Gasteiger partial charge in [-0.3, -0.25) is 4.79 Å². The van der Waals surface area contributed by atoms with Crippen molar-refractivity contribution in [3.8, 4) is 5.75 Å². The number of hydrogen-bond acceptors (Lipinski definition) is 2. The molecule has 0 aliphatic heterocycles. The van der Waals surface area contributed by atoms with Crippen molar-refractivity contribution in [2.75, 3.05) is 6.54 Å². The van der Waals surface area contributed by atoms with Gasteiger partial charge in [-0.05, 0) is 43.9 Å². The summed E-state index contributed by atoms with van der Waals surface area (Å²) < 4.78 is 5.59. The molecular formula is C16H21Cl2NO2. The maximum Gasteiger partial charge on any atom is 0.260 e. The van der Waals surface area contributed by atoms with E-state index in [-0.39, 0.29) is 11.3 Å². The quantitative estimate of drug-likeness (QED) is 0.828. The van der Waals surface area contributed by atoms with Gasteiger partial charge in [0.05, 0.1) is 0 Å². The van der Waals surface area contributed by atoms with Gasteiger partial charge in [0.15, 0.2) is 6.10 Å². The predicted octanol–water partition coefficient (Wildman–Crippen LogP) is 4.02. The Bertz CT molecular complexity index is 481. The van der Waals surface area contributed by atoms with Gasteiger partial charge in [-0.25, -0.2) is 0 Å². The number of halogens is 2. The van der Waals surface area contributed by atoms with E-state index in [9.17, 15) is 4.79 Å². The molecule has 1 aliphatic carbocycles. The number of alkyl halides is 1. The Labute approximate surface area is 136 Å². The van der Waals surface area contributed by atoms with Gasteiger partial charge < -0.3 is 10.1 Å². The Morgan fingerprint density at radius 2 is 2.19 bits per heavy atom. The van der Waals surface area contributed by atoms with Crippen LogP contribution in [0.3, 0.4) is 0 Å². The minimum atomic E-state index is -0.555. The number of hydrogen-bond donors (Lipinski definition) is 1. The maximum atomic E-state index is 12.1. The number of carbonyl (C=O) groups excluding carboxylic acids is 1. The molecule has 0 saturated heterocycles. The van der Waals surface area contributed by atoms with Crippen LogP contribution in [-0.4, -0.2) is 23.9 Å². The first-order chi connectivity index (χ1) is 10.1. The van der Waals surface area contributed by atoms with E-state index in [0.717, 1.165) is 12.8 Å². The zero-order valence-corrected chi connectivity index (χ0v) is 13.7. The van der Waals surface area contributed by atoms with Crippen molar-refractivity contribution in [3.05, 3.63) is 29.3 Å². The van der Waals surface area contributed by atoms with Crippen LogP contribution in [0.5, 0.6) is 5.75 Å². The molecule has 5 heteroatoms. The second kappa shape index (κ2) is 7.90. The summed E-state index contributed by atoms with van der Waals surface area (Å²) in [5.74, 6) is 0.838. The Balaban J connectivity index is 1.79. The van der Waals surface area contributed by atoms with Crippen LogP contribution in [0, 0.1) is 5.92 Å². The average molecular weight is 330 g/mol. The summed E-state index contributed by atoms with van der Waals surface area (Å²) in [4.78, 5) is 12.1. The molecule has 1 saturated carbocycles. The molecule has 2 rings (SSSR count). The Morgan fingerprint density at radius 1 is 1.43 bits per heavy atom. The van der Waals surface area contributed by atoms with Crippen molar-refractivity contribution in [2.24, 2.45) is 5.92 Å². The van der Waals surface area contributed by atoms with Crippen molar-refractivity contribution in [1.29, 1.82) is 0 Å². The van der Waals surface area contributed by atoms with E-state index in [2.05, 4.69) is 5.32 Å². The summed E-state index contributed by atoms with van der Waals surface area (Å²) in [7, 11) is 0. The maximum absolute atomic E-state index is 12.1. The van der Waals surface area contributed by atoms with Crippen LogP contribution >= 0.6 is 23.2 Å². The van der Waals surface area contributed by atoms with E-state index in [1.165, 1.54) is 12.8 Å². The first-order valence-corrected chi connectivity index (χ1v) is 8.21. The molecule has 1 amide bonds. The first-order valence-electron chi connectivity index (χ1n) is 7.40. The standard InChI is InChI=1S/C16H21Cl2NO2/c1-11(21-14-7-4-6-13(17)9-14)16(20)19-10-12-5-2-3-8-15(12)18/h4,6-7,9,11-12,15H,2-3,5,8,10H2,1H3,(H,19,20). The average Bonchev–Trinajstić information content (AvgIpc) is 2.46. The molecule has 3 atom stereocenters. The normalized spacial score (nSPS) is 23.4. The van der Waals surface area contributed by atoms with Gasteiger partial charge in [-0.2, -0.15) is 0 Å². The lowest BCUT2D eigenvalue weighted by Gasteiger charge is -2.27. The van der Waals surface area contributed by atoms with Crippen LogP contribution in [0.2, 0.25) is 5.02 Å². The zero-order chi connectivity index (χ0) is 15.2. The lowest BCUT2D eigenvalue weighted by molar-refractivity contribution is -0.127. The minimum Gasteiger partial charge on any atom is -0.481 e. The second-order valence-corrected chi connectivity index (χ2v) is 6.52. The molecule has 0 radical (unpaired) electrons. The van der Waals surface area contributed by atoms with E-state index in [0.29, 0.717) is 23.2 Å². The molecule has 1 N–H and O–H groups in total. The molecule has 0 aromatic heterocycles. The van der Waals surface area contributed by atoms with E-state index in [4.69, 9.17) is 27.9 Å². The zero-order valence-electron chi connectivity index (χ0n) is 12.1. The molecule has 116 valence electrons. The second-order valence-electron chi connectivity index (χ2n) is 5.52. The molecule has 0 bridgehead atoms. The van der Waals surface area contributed by atoms with Crippen molar-refractivity contribution in [1.82, 2.24) is 5.32 Å². The molecule has 3 unspecified atom stereocenters. The molecule has 0 spiro atoms. The fourth-order valence-corrected chi connectivity index (χ4v) is 3.12. The summed E-state index contributed by atoms with van der Waals surface area (Å²) in [5.41, 5.74) is 0. The van der Waals surface area contributed by atoms with E-state index >= 15 is 0 Å². The monoisotopic (exact) mass is 329 g/mol. The molecule has 1 aliphatic rings. The van der Waals surface area contributed by atoms with Gasteiger partial charge in [0.2, 0.25) is 0 Å². The van der Waals surface area contributed by atoms with Gasteiger partial charge in [-0.1, -0.05) is 30.5 Å². The predicted molar refractivity (Wildman–Crippen MR) is 86.2 cm³/mol. The van der Waals surface area contributed by atoms with Gasteiger partial charge in [-0.15, -0.1) is 11.6 Å².